The monoisotopic (exact) mass is 341 g/mol. The van der Waals surface area contributed by atoms with Gasteiger partial charge in [0.1, 0.15) is 11.3 Å². The molecule has 1 aliphatic heterocycles. The number of halogens is 2. The summed E-state index contributed by atoms with van der Waals surface area (Å²) >= 11 is 5.92. The molecule has 0 aromatic carbocycles. The fourth-order valence-electron chi connectivity index (χ4n) is 2.48. The summed E-state index contributed by atoms with van der Waals surface area (Å²) in [6.45, 7) is 1.69. The molecule has 22 heavy (non-hydrogen) atoms. The van der Waals surface area contributed by atoms with E-state index in [0.29, 0.717) is 28.7 Å². The first-order valence-electron chi connectivity index (χ1n) is 6.48. The van der Waals surface area contributed by atoms with Crippen molar-refractivity contribution in [3.8, 4) is 5.88 Å². The Morgan fingerprint density at radius 2 is 2.14 bits per heavy atom. The maximum Gasteiger partial charge on any atom is 0.232 e. The van der Waals surface area contributed by atoms with E-state index in [1.807, 2.05) is 7.05 Å². The van der Waals surface area contributed by atoms with Crippen molar-refractivity contribution < 1.29 is 5.11 Å². The number of likely N-dealkylation sites (N-methyl/N-ethyl adjacent to an activating group) is 1. The highest BCUT2D eigenvalue weighted by molar-refractivity contribution is 6.32. The first-order chi connectivity index (χ1) is 10.2. The zero-order chi connectivity index (χ0) is 14.6. The van der Waals surface area contributed by atoms with Crippen molar-refractivity contribution >= 4 is 46.6 Å². The maximum atomic E-state index is 9.67. The molecule has 4 heterocycles. The fourth-order valence-corrected chi connectivity index (χ4v) is 2.63. The number of nitrogens with zero attached hydrogens (tertiary/aromatic N) is 6. The Labute approximate surface area is 136 Å². The number of pyridine rings is 1. The van der Waals surface area contributed by atoms with Crippen LogP contribution in [0.2, 0.25) is 5.02 Å². The highest BCUT2D eigenvalue weighted by Crippen LogP contribution is 2.29. The Hall–Kier alpha value is -1.90. The molecule has 0 aliphatic carbocycles. The Morgan fingerprint density at radius 1 is 1.36 bits per heavy atom. The normalized spacial score (nSPS) is 15.1. The van der Waals surface area contributed by atoms with Gasteiger partial charge in [-0.2, -0.15) is 4.98 Å². The van der Waals surface area contributed by atoms with E-state index in [1.165, 1.54) is 0 Å². The van der Waals surface area contributed by atoms with E-state index in [9.17, 15) is 5.11 Å². The molecule has 3 aromatic heterocycles. The smallest absolute Gasteiger partial charge is 0.232 e. The van der Waals surface area contributed by atoms with Gasteiger partial charge < -0.3 is 15.3 Å². The van der Waals surface area contributed by atoms with Crippen molar-refractivity contribution in [3.63, 3.8) is 0 Å². The van der Waals surface area contributed by atoms with Crippen LogP contribution in [0.5, 0.6) is 5.88 Å². The third-order valence-corrected chi connectivity index (χ3v) is 4.00. The summed E-state index contributed by atoms with van der Waals surface area (Å²) in [5.41, 5.74) is 1.72. The lowest BCUT2D eigenvalue weighted by atomic mass is 10.1. The van der Waals surface area contributed by atoms with Crippen LogP contribution in [0.4, 0.5) is 5.82 Å². The van der Waals surface area contributed by atoms with Crippen LogP contribution >= 0.6 is 24.0 Å². The van der Waals surface area contributed by atoms with Crippen molar-refractivity contribution in [2.75, 3.05) is 25.0 Å². The van der Waals surface area contributed by atoms with Gasteiger partial charge in [-0.3, -0.25) is 4.40 Å². The van der Waals surface area contributed by atoms with E-state index in [-0.39, 0.29) is 23.3 Å². The lowest BCUT2D eigenvalue weighted by Crippen LogP contribution is -2.57. The average molecular weight is 342 g/mol. The van der Waals surface area contributed by atoms with Crippen LogP contribution in [-0.4, -0.2) is 55.9 Å². The molecule has 1 fully saturated rings. The minimum Gasteiger partial charge on any atom is -0.492 e. The second kappa shape index (κ2) is 5.38. The quantitative estimate of drug-likeness (QED) is 0.714. The van der Waals surface area contributed by atoms with Crippen molar-refractivity contribution in [1.82, 2.24) is 29.9 Å². The minimum atomic E-state index is -0.230. The van der Waals surface area contributed by atoms with Crippen LogP contribution in [-0.2, 0) is 0 Å². The lowest BCUT2D eigenvalue weighted by molar-refractivity contribution is 0.447. The van der Waals surface area contributed by atoms with Crippen LogP contribution in [0.25, 0.3) is 16.8 Å². The minimum absolute atomic E-state index is 0. The average Bonchev–Trinajstić information content (AvgIpc) is 2.89. The topological polar surface area (TPSA) is 91.5 Å². The van der Waals surface area contributed by atoms with E-state index < -0.39 is 0 Å². The summed E-state index contributed by atoms with van der Waals surface area (Å²) in [6.07, 6.45) is 1.59. The lowest BCUT2D eigenvalue weighted by Gasteiger charge is -2.39. The van der Waals surface area contributed by atoms with E-state index in [1.54, 1.807) is 16.8 Å². The molecule has 8 nitrogen and oxygen atoms in total. The summed E-state index contributed by atoms with van der Waals surface area (Å²) in [5, 5.41) is 21.1. The second-order valence-electron chi connectivity index (χ2n) is 4.99. The fraction of sp³-hybridized carbons (Fsp3) is 0.333. The number of rotatable bonds is 2. The molecule has 10 heteroatoms. The molecule has 2 N–H and O–H groups in total. The predicted molar refractivity (Wildman–Crippen MR) is 85.1 cm³/mol. The summed E-state index contributed by atoms with van der Waals surface area (Å²) in [7, 11) is 1.93. The molecule has 3 aromatic rings. The van der Waals surface area contributed by atoms with Gasteiger partial charge >= 0.3 is 0 Å². The summed E-state index contributed by atoms with van der Waals surface area (Å²) in [4.78, 5) is 10.6. The molecule has 1 aliphatic rings. The molecule has 1 saturated heterocycles. The van der Waals surface area contributed by atoms with Crippen LogP contribution in [0.3, 0.4) is 0 Å². The van der Waals surface area contributed by atoms with Gasteiger partial charge in [-0.05, 0) is 13.1 Å². The number of hydrogen-bond acceptors (Lipinski definition) is 7. The molecule has 0 bridgehead atoms. The van der Waals surface area contributed by atoms with E-state index >= 15 is 0 Å². The Morgan fingerprint density at radius 3 is 2.86 bits per heavy atom. The zero-order valence-electron chi connectivity index (χ0n) is 11.6. The Balaban J connectivity index is 0.00000144. The molecule has 0 atom stereocenters. The molecule has 0 unspecified atom stereocenters. The molecular weight excluding hydrogens is 329 g/mol. The third kappa shape index (κ3) is 2.11. The first-order valence-corrected chi connectivity index (χ1v) is 6.86. The first kappa shape index (κ1) is 15.0. The highest BCUT2D eigenvalue weighted by Gasteiger charge is 2.29. The number of hydrogen-bond donors (Lipinski definition) is 2. The molecule has 0 amide bonds. The van der Waals surface area contributed by atoms with E-state index in [2.05, 4.69) is 30.4 Å². The van der Waals surface area contributed by atoms with E-state index in [0.717, 1.165) is 13.1 Å². The van der Waals surface area contributed by atoms with Crippen LogP contribution in [0.15, 0.2) is 12.4 Å². The summed E-state index contributed by atoms with van der Waals surface area (Å²) in [5.74, 6) is 0.479. The molecule has 0 spiro atoms. The van der Waals surface area contributed by atoms with Gasteiger partial charge in [-0.1, -0.05) is 11.6 Å². The number of fused-ring (bicyclic) bond motifs is 3. The Kier molecular flexibility index (Phi) is 3.67. The van der Waals surface area contributed by atoms with Crippen molar-refractivity contribution in [3.05, 3.63) is 17.4 Å². The number of anilines is 1. The second-order valence-corrected chi connectivity index (χ2v) is 5.39. The van der Waals surface area contributed by atoms with Gasteiger partial charge in [0, 0.05) is 19.1 Å². The third-order valence-electron chi connectivity index (χ3n) is 3.73. The number of nitrogens with one attached hydrogen (secondary N) is 1. The molecular formula is C12H13Cl2N7O. The van der Waals surface area contributed by atoms with Gasteiger partial charge in [0.2, 0.25) is 11.5 Å². The number of aromatic hydroxyl groups is 1. The van der Waals surface area contributed by atoms with Crippen molar-refractivity contribution in [1.29, 1.82) is 0 Å². The molecule has 0 radical (unpaired) electrons. The van der Waals surface area contributed by atoms with Gasteiger partial charge in [0.15, 0.2) is 11.5 Å². The van der Waals surface area contributed by atoms with Crippen LogP contribution < -0.4 is 10.2 Å². The van der Waals surface area contributed by atoms with Gasteiger partial charge in [0.05, 0.1) is 5.52 Å². The maximum absolute atomic E-state index is 9.67. The highest BCUT2D eigenvalue weighted by atomic mass is 35.5. The molecule has 0 saturated carbocycles. The Bertz CT molecular complexity index is 846. The van der Waals surface area contributed by atoms with Crippen molar-refractivity contribution in [2.24, 2.45) is 0 Å². The summed E-state index contributed by atoms with van der Waals surface area (Å²) < 4.78 is 1.78. The number of aromatic nitrogens is 5. The van der Waals surface area contributed by atoms with Gasteiger partial charge in [0.25, 0.3) is 0 Å². The van der Waals surface area contributed by atoms with E-state index in [4.69, 9.17) is 11.6 Å². The largest absolute Gasteiger partial charge is 0.492 e. The molecule has 4 rings (SSSR count). The zero-order valence-corrected chi connectivity index (χ0v) is 13.1. The van der Waals surface area contributed by atoms with Gasteiger partial charge in [-0.25, -0.2) is 4.98 Å². The van der Waals surface area contributed by atoms with Gasteiger partial charge in [-0.15, -0.1) is 22.6 Å². The van der Waals surface area contributed by atoms with Crippen LogP contribution in [0.1, 0.15) is 0 Å². The SMILES string of the molecule is CNC1CN(c2nc3nc(O)c(Cl)cc3n3cnnc23)C1.Cl. The predicted octanol–water partition coefficient (Wildman–Crippen LogP) is 0.861. The van der Waals surface area contributed by atoms with Crippen molar-refractivity contribution in [2.45, 2.75) is 6.04 Å². The molecule has 116 valence electrons. The van der Waals surface area contributed by atoms with Crippen LogP contribution in [0, 0.1) is 0 Å². The standard InChI is InChI=1S/C12H12ClN7O.ClH/c1-14-6-3-19(4-6)10-11-18-15-5-20(11)8-2-7(13)12(21)17-9(8)16-10;/h2,5-6,14H,3-4H2,1H3,(H,17,21);1H. The summed E-state index contributed by atoms with van der Waals surface area (Å²) in [6, 6.07) is 2.05.